The molecule has 0 aliphatic carbocycles. The van der Waals surface area contributed by atoms with Gasteiger partial charge in [0, 0.05) is 13.0 Å². The minimum absolute atomic E-state index is 0.0128. The molecular formula is C12H20N2O4. The van der Waals surface area contributed by atoms with Crippen LogP contribution in [0.2, 0.25) is 0 Å². The van der Waals surface area contributed by atoms with E-state index < -0.39 is 5.97 Å². The van der Waals surface area contributed by atoms with Crippen LogP contribution in [0, 0.1) is 0 Å². The Bertz CT molecular complexity index is 317. The monoisotopic (exact) mass is 256 g/mol. The van der Waals surface area contributed by atoms with Gasteiger partial charge in [-0.1, -0.05) is 6.42 Å². The summed E-state index contributed by atoms with van der Waals surface area (Å²) < 4.78 is 4.69. The number of nitrogens with one attached hydrogen (secondary N) is 1. The van der Waals surface area contributed by atoms with E-state index in [-0.39, 0.29) is 24.9 Å². The third-order valence-electron chi connectivity index (χ3n) is 2.74. The number of ether oxygens (including phenoxy) is 1. The van der Waals surface area contributed by atoms with E-state index in [1.54, 1.807) is 11.8 Å². The predicted octanol–water partition coefficient (Wildman–Crippen LogP) is 0.0683. The molecule has 1 fully saturated rings. The molecule has 0 saturated carbocycles. The summed E-state index contributed by atoms with van der Waals surface area (Å²) in [5, 5.41) is 2.45. The van der Waals surface area contributed by atoms with Crippen molar-refractivity contribution in [3.63, 3.8) is 0 Å². The summed E-state index contributed by atoms with van der Waals surface area (Å²) in [6, 6.07) is 0. The average Bonchev–Trinajstić information content (AvgIpc) is 2.53. The largest absolute Gasteiger partial charge is 0.465 e. The molecule has 6 nitrogen and oxygen atoms in total. The minimum Gasteiger partial charge on any atom is -0.465 e. The molecule has 0 unspecified atom stereocenters. The van der Waals surface area contributed by atoms with E-state index in [0.29, 0.717) is 19.6 Å². The van der Waals surface area contributed by atoms with Crippen LogP contribution in [0.4, 0.5) is 0 Å². The van der Waals surface area contributed by atoms with Crippen molar-refractivity contribution in [3.05, 3.63) is 0 Å². The molecule has 1 N–H and O–H groups in total. The van der Waals surface area contributed by atoms with Gasteiger partial charge in [-0.05, 0) is 19.8 Å². The lowest BCUT2D eigenvalue weighted by Crippen LogP contribution is -2.42. The molecule has 0 atom stereocenters. The van der Waals surface area contributed by atoms with Crippen LogP contribution < -0.4 is 5.32 Å². The predicted molar refractivity (Wildman–Crippen MR) is 64.7 cm³/mol. The number of likely N-dealkylation sites (tertiary alicyclic amines) is 1. The van der Waals surface area contributed by atoms with Crippen LogP contribution in [0.25, 0.3) is 0 Å². The lowest BCUT2D eigenvalue weighted by atomic mass is 10.2. The molecule has 0 radical (unpaired) electrons. The van der Waals surface area contributed by atoms with Gasteiger partial charge >= 0.3 is 5.97 Å². The Hall–Kier alpha value is -1.59. The Morgan fingerprint density at radius 3 is 2.83 bits per heavy atom. The second-order valence-electron chi connectivity index (χ2n) is 4.21. The highest BCUT2D eigenvalue weighted by atomic mass is 16.5. The third-order valence-corrected chi connectivity index (χ3v) is 2.74. The maximum Gasteiger partial charge on any atom is 0.325 e. The summed E-state index contributed by atoms with van der Waals surface area (Å²) in [6.45, 7) is 2.49. The summed E-state index contributed by atoms with van der Waals surface area (Å²) in [5.41, 5.74) is 0. The van der Waals surface area contributed by atoms with Crippen molar-refractivity contribution in [2.45, 2.75) is 32.6 Å². The standard InChI is InChI=1S/C12H20N2O4/c1-2-18-12(17)8-13-10(15)9-14-7-5-3-4-6-11(14)16/h2-9H2,1H3,(H,13,15). The molecular weight excluding hydrogens is 236 g/mol. The van der Waals surface area contributed by atoms with Crippen LogP contribution in [0.15, 0.2) is 0 Å². The summed E-state index contributed by atoms with van der Waals surface area (Å²) >= 11 is 0. The van der Waals surface area contributed by atoms with Gasteiger partial charge in [0.25, 0.3) is 0 Å². The third kappa shape index (κ3) is 5.16. The van der Waals surface area contributed by atoms with Gasteiger partial charge < -0.3 is 15.0 Å². The van der Waals surface area contributed by atoms with Gasteiger partial charge in [-0.25, -0.2) is 0 Å². The zero-order chi connectivity index (χ0) is 13.4. The number of nitrogens with zero attached hydrogens (tertiary/aromatic N) is 1. The number of hydrogen-bond acceptors (Lipinski definition) is 4. The minimum atomic E-state index is -0.465. The fourth-order valence-corrected chi connectivity index (χ4v) is 1.82. The van der Waals surface area contributed by atoms with E-state index in [4.69, 9.17) is 0 Å². The first kappa shape index (κ1) is 14.5. The highest BCUT2D eigenvalue weighted by Crippen LogP contribution is 2.10. The smallest absolute Gasteiger partial charge is 0.325 e. The Labute approximate surface area is 107 Å². The zero-order valence-electron chi connectivity index (χ0n) is 10.7. The van der Waals surface area contributed by atoms with Gasteiger partial charge in [0.2, 0.25) is 11.8 Å². The Morgan fingerprint density at radius 1 is 1.33 bits per heavy atom. The molecule has 1 heterocycles. The second-order valence-corrected chi connectivity index (χ2v) is 4.21. The number of carbonyl (C=O) groups excluding carboxylic acids is 3. The number of carbonyl (C=O) groups is 3. The molecule has 0 aromatic carbocycles. The van der Waals surface area contributed by atoms with Crippen molar-refractivity contribution in [1.82, 2.24) is 10.2 Å². The van der Waals surface area contributed by atoms with Crippen molar-refractivity contribution in [2.24, 2.45) is 0 Å². The number of esters is 1. The first-order valence-corrected chi connectivity index (χ1v) is 6.33. The lowest BCUT2D eigenvalue weighted by Gasteiger charge is -2.19. The maximum atomic E-state index is 11.6. The first-order chi connectivity index (χ1) is 8.63. The van der Waals surface area contributed by atoms with Crippen molar-refractivity contribution in [3.8, 4) is 0 Å². The number of amides is 2. The van der Waals surface area contributed by atoms with Crippen LogP contribution in [0.3, 0.4) is 0 Å². The zero-order valence-corrected chi connectivity index (χ0v) is 10.7. The van der Waals surface area contributed by atoms with E-state index in [9.17, 15) is 14.4 Å². The highest BCUT2D eigenvalue weighted by Gasteiger charge is 2.19. The maximum absolute atomic E-state index is 11.6. The highest BCUT2D eigenvalue weighted by molar-refractivity contribution is 5.87. The van der Waals surface area contributed by atoms with Gasteiger partial charge in [-0.2, -0.15) is 0 Å². The molecule has 18 heavy (non-hydrogen) atoms. The molecule has 0 aromatic rings. The van der Waals surface area contributed by atoms with E-state index >= 15 is 0 Å². The van der Waals surface area contributed by atoms with Gasteiger partial charge in [-0.3, -0.25) is 14.4 Å². The summed E-state index contributed by atoms with van der Waals surface area (Å²) in [6.07, 6.45) is 3.34. The van der Waals surface area contributed by atoms with Crippen LogP contribution in [0.1, 0.15) is 32.6 Å². The number of rotatable bonds is 5. The van der Waals surface area contributed by atoms with Crippen LogP contribution in [0.5, 0.6) is 0 Å². The Morgan fingerprint density at radius 2 is 2.11 bits per heavy atom. The molecule has 0 aromatic heterocycles. The molecule has 2 amide bonds. The normalized spacial score (nSPS) is 16.1. The van der Waals surface area contributed by atoms with Gasteiger partial charge in [0.1, 0.15) is 6.54 Å². The molecule has 6 heteroatoms. The van der Waals surface area contributed by atoms with Gasteiger partial charge in [-0.15, -0.1) is 0 Å². The fourth-order valence-electron chi connectivity index (χ4n) is 1.82. The molecule has 1 rings (SSSR count). The molecule has 1 aliphatic rings. The summed E-state index contributed by atoms with van der Waals surface area (Å²) in [4.78, 5) is 35.8. The summed E-state index contributed by atoms with van der Waals surface area (Å²) in [5.74, 6) is -0.773. The number of hydrogen-bond donors (Lipinski definition) is 1. The quantitative estimate of drug-likeness (QED) is 0.706. The van der Waals surface area contributed by atoms with Crippen molar-refractivity contribution in [1.29, 1.82) is 0 Å². The second kappa shape index (κ2) is 7.68. The lowest BCUT2D eigenvalue weighted by molar-refractivity contribution is -0.143. The van der Waals surface area contributed by atoms with E-state index in [2.05, 4.69) is 10.1 Å². The van der Waals surface area contributed by atoms with E-state index in [0.717, 1.165) is 19.3 Å². The van der Waals surface area contributed by atoms with Crippen LogP contribution >= 0.6 is 0 Å². The molecule has 102 valence electrons. The summed E-state index contributed by atoms with van der Waals surface area (Å²) in [7, 11) is 0. The Kier molecular flexibility index (Phi) is 6.18. The van der Waals surface area contributed by atoms with Crippen LogP contribution in [-0.4, -0.2) is 48.9 Å². The molecule has 1 saturated heterocycles. The first-order valence-electron chi connectivity index (χ1n) is 6.33. The molecule has 1 aliphatic heterocycles. The fraction of sp³-hybridized carbons (Fsp3) is 0.750. The van der Waals surface area contributed by atoms with Crippen molar-refractivity contribution >= 4 is 17.8 Å². The van der Waals surface area contributed by atoms with E-state index in [1.807, 2.05) is 0 Å². The van der Waals surface area contributed by atoms with Crippen LogP contribution in [-0.2, 0) is 19.1 Å². The molecule has 0 spiro atoms. The average molecular weight is 256 g/mol. The van der Waals surface area contributed by atoms with Gasteiger partial charge in [0.05, 0.1) is 13.2 Å². The topological polar surface area (TPSA) is 75.7 Å². The SMILES string of the molecule is CCOC(=O)CNC(=O)CN1CCCCCC1=O. The van der Waals surface area contributed by atoms with Crippen molar-refractivity contribution < 1.29 is 19.1 Å². The van der Waals surface area contributed by atoms with E-state index in [1.165, 1.54) is 0 Å². The van der Waals surface area contributed by atoms with Crippen molar-refractivity contribution in [2.75, 3.05) is 26.2 Å². The van der Waals surface area contributed by atoms with Gasteiger partial charge in [0.15, 0.2) is 0 Å². The molecule has 0 bridgehead atoms. The Balaban J connectivity index is 2.30.